The van der Waals surface area contributed by atoms with Crippen molar-refractivity contribution >= 4 is 38.7 Å². The van der Waals surface area contributed by atoms with E-state index in [-0.39, 0.29) is 11.0 Å². The molecule has 0 spiro atoms. The third-order valence-corrected chi connectivity index (χ3v) is 4.88. The Morgan fingerprint density at radius 3 is 2.58 bits per heavy atom. The number of benzene rings is 2. The molecule has 1 N–H and O–H groups in total. The third-order valence-electron chi connectivity index (χ3n) is 3.95. The Morgan fingerprint density at radius 2 is 1.92 bits per heavy atom. The van der Waals surface area contributed by atoms with Crippen molar-refractivity contribution in [2.75, 3.05) is 5.32 Å². The van der Waals surface area contributed by atoms with Crippen molar-refractivity contribution < 1.29 is 4.79 Å². The predicted octanol–water partition coefficient (Wildman–Crippen LogP) is 5.14. The molecule has 0 aliphatic heterocycles. The van der Waals surface area contributed by atoms with Gasteiger partial charge in [-0.2, -0.15) is 5.26 Å². The fourth-order valence-electron chi connectivity index (χ4n) is 2.47. The van der Waals surface area contributed by atoms with Crippen molar-refractivity contribution in [3.8, 4) is 6.07 Å². The van der Waals surface area contributed by atoms with Crippen molar-refractivity contribution in [2.24, 2.45) is 0 Å². The summed E-state index contributed by atoms with van der Waals surface area (Å²) in [6.45, 7) is 6.47. The molecule has 2 aromatic carbocycles. The lowest BCUT2D eigenvalue weighted by Crippen LogP contribution is -2.13. The maximum Gasteiger partial charge on any atom is 0.268 e. The maximum absolute atomic E-state index is 12.4. The largest absolute Gasteiger partial charge is 0.297 e. The second-order valence-electron chi connectivity index (χ2n) is 6.99. The zero-order valence-corrected chi connectivity index (χ0v) is 15.7. The van der Waals surface area contributed by atoms with Gasteiger partial charge in [0.1, 0.15) is 11.6 Å². The Bertz CT molecular complexity index is 1020. The van der Waals surface area contributed by atoms with Crippen LogP contribution in [0.1, 0.15) is 31.9 Å². The van der Waals surface area contributed by atoms with E-state index in [0.29, 0.717) is 5.13 Å². The van der Waals surface area contributed by atoms with E-state index in [1.807, 2.05) is 42.5 Å². The summed E-state index contributed by atoms with van der Waals surface area (Å²) >= 11 is 1.41. The Labute approximate surface area is 156 Å². The van der Waals surface area contributed by atoms with Gasteiger partial charge >= 0.3 is 0 Å². The van der Waals surface area contributed by atoms with Crippen molar-refractivity contribution in [1.29, 1.82) is 5.26 Å². The molecule has 4 nitrogen and oxygen atoms in total. The maximum atomic E-state index is 12.4. The first-order valence-electron chi connectivity index (χ1n) is 8.26. The summed E-state index contributed by atoms with van der Waals surface area (Å²) in [6.07, 6.45) is 1.57. The van der Waals surface area contributed by atoms with E-state index in [1.54, 1.807) is 6.08 Å². The lowest BCUT2D eigenvalue weighted by Gasteiger charge is -2.18. The van der Waals surface area contributed by atoms with Crippen LogP contribution >= 0.6 is 11.3 Å². The minimum absolute atomic E-state index is 0.0471. The Hall–Kier alpha value is -2.97. The summed E-state index contributed by atoms with van der Waals surface area (Å²) < 4.78 is 1.01. The Kier molecular flexibility index (Phi) is 4.88. The van der Waals surface area contributed by atoms with Gasteiger partial charge in [-0.1, -0.05) is 68.5 Å². The van der Waals surface area contributed by atoms with Gasteiger partial charge < -0.3 is 0 Å². The number of carbonyl (C=O) groups is 1. The number of hydrogen-bond donors (Lipinski definition) is 1. The number of nitrogens with one attached hydrogen (secondary N) is 1. The molecule has 1 heterocycles. The van der Waals surface area contributed by atoms with Gasteiger partial charge in [-0.3, -0.25) is 10.1 Å². The molecule has 130 valence electrons. The van der Waals surface area contributed by atoms with E-state index < -0.39 is 5.91 Å². The zero-order chi connectivity index (χ0) is 18.7. The molecule has 26 heavy (non-hydrogen) atoms. The minimum atomic E-state index is -0.452. The van der Waals surface area contributed by atoms with E-state index in [4.69, 9.17) is 0 Å². The molecule has 0 radical (unpaired) electrons. The number of fused-ring (bicyclic) bond motifs is 1. The molecule has 0 unspecified atom stereocenters. The van der Waals surface area contributed by atoms with Crippen LogP contribution in [0.4, 0.5) is 5.13 Å². The molecule has 5 heteroatoms. The van der Waals surface area contributed by atoms with Crippen LogP contribution in [0.25, 0.3) is 16.3 Å². The van der Waals surface area contributed by atoms with E-state index in [9.17, 15) is 10.1 Å². The first-order chi connectivity index (χ1) is 12.4. The monoisotopic (exact) mass is 361 g/mol. The van der Waals surface area contributed by atoms with Crippen LogP contribution < -0.4 is 5.32 Å². The quantitative estimate of drug-likeness (QED) is 0.519. The topological polar surface area (TPSA) is 65.8 Å². The van der Waals surface area contributed by atoms with Gasteiger partial charge in [0, 0.05) is 0 Å². The van der Waals surface area contributed by atoms with Crippen LogP contribution in [0.3, 0.4) is 0 Å². The molecule has 0 bridgehead atoms. The number of nitrogens with zero attached hydrogens (tertiary/aromatic N) is 2. The normalized spacial score (nSPS) is 12.0. The van der Waals surface area contributed by atoms with Gasteiger partial charge in [0.2, 0.25) is 0 Å². The van der Waals surface area contributed by atoms with Crippen LogP contribution in [0.2, 0.25) is 0 Å². The SMILES string of the molecule is CC(C)(C)c1ccc2nc(NC(=O)/C(C#N)=C/c3ccccc3)sc2c1. The molecule has 0 aliphatic rings. The summed E-state index contributed by atoms with van der Waals surface area (Å²) in [7, 11) is 0. The summed E-state index contributed by atoms with van der Waals surface area (Å²) in [5.41, 5.74) is 2.95. The van der Waals surface area contributed by atoms with Gasteiger partial charge in [-0.25, -0.2) is 4.98 Å². The number of nitriles is 1. The number of amides is 1. The van der Waals surface area contributed by atoms with Crippen LogP contribution in [0.15, 0.2) is 54.1 Å². The number of anilines is 1. The molecule has 1 amide bonds. The smallest absolute Gasteiger partial charge is 0.268 e. The number of carbonyl (C=O) groups excluding carboxylic acids is 1. The molecule has 3 aromatic rings. The van der Waals surface area contributed by atoms with Crippen molar-refractivity contribution in [3.05, 3.63) is 65.2 Å². The minimum Gasteiger partial charge on any atom is -0.297 e. The number of aromatic nitrogens is 1. The average Bonchev–Trinajstić information content (AvgIpc) is 3.01. The molecular weight excluding hydrogens is 342 g/mol. The van der Waals surface area contributed by atoms with Crippen molar-refractivity contribution in [1.82, 2.24) is 4.98 Å². The van der Waals surface area contributed by atoms with E-state index >= 15 is 0 Å². The van der Waals surface area contributed by atoms with Gasteiger partial charge in [0.15, 0.2) is 5.13 Å². The van der Waals surface area contributed by atoms with Gasteiger partial charge in [-0.15, -0.1) is 0 Å². The highest BCUT2D eigenvalue weighted by Gasteiger charge is 2.16. The first kappa shape index (κ1) is 17.8. The lowest BCUT2D eigenvalue weighted by molar-refractivity contribution is -0.112. The van der Waals surface area contributed by atoms with Crippen LogP contribution in [0, 0.1) is 11.3 Å². The summed E-state index contributed by atoms with van der Waals surface area (Å²) in [5, 5.41) is 12.5. The molecular formula is C21H19N3OS. The number of thiazole rings is 1. The Morgan fingerprint density at radius 1 is 1.19 bits per heavy atom. The fourth-order valence-corrected chi connectivity index (χ4v) is 3.37. The van der Waals surface area contributed by atoms with Crippen LogP contribution in [0.5, 0.6) is 0 Å². The zero-order valence-electron chi connectivity index (χ0n) is 14.9. The summed E-state index contributed by atoms with van der Waals surface area (Å²) in [6, 6.07) is 17.4. The molecule has 0 saturated carbocycles. The number of rotatable bonds is 3. The van der Waals surface area contributed by atoms with Crippen LogP contribution in [-0.4, -0.2) is 10.9 Å². The number of hydrogen-bond acceptors (Lipinski definition) is 4. The van der Waals surface area contributed by atoms with Gasteiger partial charge in [0.05, 0.1) is 10.2 Å². The molecule has 0 aliphatic carbocycles. The average molecular weight is 361 g/mol. The van der Waals surface area contributed by atoms with E-state index in [1.165, 1.54) is 16.9 Å². The van der Waals surface area contributed by atoms with Gasteiger partial charge in [-0.05, 0) is 34.8 Å². The highest BCUT2D eigenvalue weighted by Crippen LogP contribution is 2.31. The van der Waals surface area contributed by atoms with Gasteiger partial charge in [0.25, 0.3) is 5.91 Å². The molecule has 3 rings (SSSR count). The van der Waals surface area contributed by atoms with Crippen molar-refractivity contribution in [2.45, 2.75) is 26.2 Å². The predicted molar refractivity (Wildman–Crippen MR) is 107 cm³/mol. The van der Waals surface area contributed by atoms with Crippen LogP contribution in [-0.2, 0) is 10.2 Å². The molecule has 0 fully saturated rings. The van der Waals surface area contributed by atoms with Crippen molar-refractivity contribution in [3.63, 3.8) is 0 Å². The molecule has 1 aromatic heterocycles. The standard InChI is InChI=1S/C21H19N3OS/c1-21(2,3)16-9-10-17-18(12-16)26-20(23-17)24-19(25)15(13-22)11-14-7-5-4-6-8-14/h4-12H,1-3H3,(H,23,24,25)/b15-11+. The first-order valence-corrected chi connectivity index (χ1v) is 9.08. The highest BCUT2D eigenvalue weighted by molar-refractivity contribution is 7.22. The molecule has 0 atom stereocenters. The van der Waals surface area contributed by atoms with E-state index in [0.717, 1.165) is 15.8 Å². The second kappa shape index (κ2) is 7.11. The summed E-state index contributed by atoms with van der Waals surface area (Å²) in [4.78, 5) is 16.9. The fraction of sp³-hybridized carbons (Fsp3) is 0.190. The highest BCUT2D eigenvalue weighted by atomic mass is 32.1. The second-order valence-corrected chi connectivity index (χ2v) is 8.02. The summed E-state index contributed by atoms with van der Waals surface area (Å²) in [5.74, 6) is -0.452. The Balaban J connectivity index is 1.85. The molecule has 0 saturated heterocycles. The van der Waals surface area contributed by atoms with E-state index in [2.05, 4.69) is 43.2 Å². The lowest BCUT2D eigenvalue weighted by atomic mass is 9.87. The third kappa shape index (κ3) is 3.98.